The number of carbonyl (C=O) groups is 1. The van der Waals surface area contributed by atoms with Crippen LogP contribution in [0.3, 0.4) is 0 Å². The molecule has 2 aliphatic rings. The summed E-state index contributed by atoms with van der Waals surface area (Å²) >= 11 is 0. The van der Waals surface area contributed by atoms with Crippen molar-refractivity contribution < 1.29 is 9.90 Å². The van der Waals surface area contributed by atoms with E-state index in [-0.39, 0.29) is 5.41 Å². The molecule has 1 atom stereocenters. The van der Waals surface area contributed by atoms with Crippen LogP contribution in [0, 0.1) is 5.41 Å². The van der Waals surface area contributed by atoms with Crippen molar-refractivity contribution in [3.63, 3.8) is 0 Å². The Hall–Kier alpha value is -1.05. The lowest BCUT2D eigenvalue weighted by Gasteiger charge is -2.37. The average Bonchev–Trinajstić information content (AvgIpc) is 2.16. The van der Waals surface area contributed by atoms with Gasteiger partial charge in [-0.2, -0.15) is 0 Å². The highest BCUT2D eigenvalue weighted by Crippen LogP contribution is 2.45. The van der Waals surface area contributed by atoms with Crippen LogP contribution in [0.15, 0.2) is 23.3 Å². The zero-order chi connectivity index (χ0) is 10.2. The monoisotopic (exact) mass is 192 g/mol. The summed E-state index contributed by atoms with van der Waals surface area (Å²) in [7, 11) is 0. The molecule has 2 aliphatic carbocycles. The van der Waals surface area contributed by atoms with E-state index in [1.807, 2.05) is 6.08 Å². The molecule has 0 saturated heterocycles. The van der Waals surface area contributed by atoms with Crippen molar-refractivity contribution in [2.75, 3.05) is 0 Å². The maximum absolute atomic E-state index is 10.8. The predicted molar refractivity (Wildman–Crippen MR) is 55.0 cm³/mol. The van der Waals surface area contributed by atoms with Gasteiger partial charge in [-0.15, -0.1) is 0 Å². The Morgan fingerprint density at radius 1 is 1.50 bits per heavy atom. The van der Waals surface area contributed by atoms with Crippen molar-refractivity contribution in [3.05, 3.63) is 23.3 Å². The molecule has 2 heteroatoms. The van der Waals surface area contributed by atoms with Crippen molar-refractivity contribution in [3.8, 4) is 0 Å². The molecule has 0 aromatic heterocycles. The third-order valence-electron chi connectivity index (χ3n) is 3.54. The summed E-state index contributed by atoms with van der Waals surface area (Å²) in [6.45, 7) is 2.26. The van der Waals surface area contributed by atoms with Crippen LogP contribution in [-0.4, -0.2) is 11.1 Å². The van der Waals surface area contributed by atoms with E-state index in [1.54, 1.807) is 0 Å². The summed E-state index contributed by atoms with van der Waals surface area (Å²) in [5.74, 6) is -0.751. The number of carboxylic acid groups (broad SMARTS) is 1. The molecule has 0 aromatic carbocycles. The highest BCUT2D eigenvalue weighted by atomic mass is 16.4. The van der Waals surface area contributed by atoms with E-state index in [2.05, 4.69) is 13.0 Å². The molecule has 76 valence electrons. The fourth-order valence-corrected chi connectivity index (χ4v) is 2.48. The number of hydrogen-bond acceptors (Lipinski definition) is 1. The molecule has 0 heterocycles. The Morgan fingerprint density at radius 2 is 2.29 bits per heavy atom. The van der Waals surface area contributed by atoms with Crippen molar-refractivity contribution in [1.82, 2.24) is 0 Å². The summed E-state index contributed by atoms with van der Waals surface area (Å²) in [5.41, 5.74) is 2.10. The van der Waals surface area contributed by atoms with E-state index < -0.39 is 5.97 Å². The van der Waals surface area contributed by atoms with Gasteiger partial charge >= 0.3 is 5.97 Å². The van der Waals surface area contributed by atoms with E-state index in [1.165, 1.54) is 18.4 Å². The van der Waals surface area contributed by atoms with Crippen LogP contribution in [0.2, 0.25) is 0 Å². The summed E-state index contributed by atoms with van der Waals surface area (Å²) in [6, 6.07) is 0. The summed E-state index contributed by atoms with van der Waals surface area (Å²) in [4.78, 5) is 10.8. The maximum Gasteiger partial charge on any atom is 0.331 e. The first-order valence-corrected chi connectivity index (χ1v) is 5.26. The molecule has 0 amide bonds. The van der Waals surface area contributed by atoms with Gasteiger partial charge in [-0.05, 0) is 49.2 Å². The molecule has 0 fully saturated rings. The second-order valence-corrected chi connectivity index (χ2v) is 4.59. The van der Waals surface area contributed by atoms with Gasteiger partial charge in [0.15, 0.2) is 0 Å². The van der Waals surface area contributed by atoms with Crippen LogP contribution in [0.4, 0.5) is 0 Å². The molecule has 0 spiro atoms. The first-order chi connectivity index (χ1) is 6.62. The first-order valence-electron chi connectivity index (χ1n) is 5.26. The molecule has 2 rings (SSSR count). The molecule has 2 nitrogen and oxygen atoms in total. The quantitative estimate of drug-likeness (QED) is 0.693. The number of rotatable bonds is 1. The zero-order valence-electron chi connectivity index (χ0n) is 8.55. The molecule has 1 N–H and O–H groups in total. The normalized spacial score (nSPS) is 31.5. The predicted octanol–water partition coefficient (Wildman–Crippen LogP) is 2.91. The fourth-order valence-electron chi connectivity index (χ4n) is 2.48. The number of fused-ring (bicyclic) bond motifs is 1. The third kappa shape index (κ3) is 1.49. The number of aliphatic carboxylic acids is 1. The lowest BCUT2D eigenvalue weighted by atomic mass is 9.67. The minimum absolute atomic E-state index is 0.261. The highest BCUT2D eigenvalue weighted by Gasteiger charge is 2.33. The van der Waals surface area contributed by atoms with Crippen LogP contribution >= 0.6 is 0 Å². The second-order valence-electron chi connectivity index (χ2n) is 4.59. The molecular formula is C12H16O2. The fraction of sp³-hybridized carbons (Fsp3) is 0.583. The van der Waals surface area contributed by atoms with Gasteiger partial charge in [0.25, 0.3) is 0 Å². The van der Waals surface area contributed by atoms with Crippen LogP contribution in [0.1, 0.15) is 39.0 Å². The SMILES string of the molecule is C[C@@]12CCCC=C1C=C(C(=O)O)CC2. The van der Waals surface area contributed by atoms with E-state index >= 15 is 0 Å². The van der Waals surface area contributed by atoms with Crippen LogP contribution < -0.4 is 0 Å². The molecule has 0 aliphatic heterocycles. The highest BCUT2D eigenvalue weighted by molar-refractivity contribution is 5.87. The van der Waals surface area contributed by atoms with Crippen LogP contribution in [-0.2, 0) is 4.79 Å². The van der Waals surface area contributed by atoms with E-state index in [0.717, 1.165) is 19.3 Å². The number of allylic oxidation sites excluding steroid dienone is 3. The lowest BCUT2D eigenvalue weighted by Crippen LogP contribution is -2.26. The number of carboxylic acids is 1. The standard InChI is InChI=1S/C12H16O2/c1-12-6-3-2-4-10(12)8-9(5-7-12)11(13)14/h4,8H,2-3,5-7H2,1H3,(H,13,14)/t12-/m0/s1. The zero-order valence-corrected chi connectivity index (χ0v) is 8.55. The molecular weight excluding hydrogens is 176 g/mol. The van der Waals surface area contributed by atoms with Crippen LogP contribution in [0.25, 0.3) is 0 Å². The number of hydrogen-bond donors (Lipinski definition) is 1. The van der Waals surface area contributed by atoms with Crippen molar-refractivity contribution >= 4 is 5.97 Å². The molecule has 0 radical (unpaired) electrons. The van der Waals surface area contributed by atoms with Gasteiger partial charge in [-0.3, -0.25) is 0 Å². The minimum Gasteiger partial charge on any atom is -0.478 e. The lowest BCUT2D eigenvalue weighted by molar-refractivity contribution is -0.132. The molecule has 14 heavy (non-hydrogen) atoms. The summed E-state index contributed by atoms with van der Waals surface area (Å²) in [5, 5.41) is 8.92. The van der Waals surface area contributed by atoms with Crippen molar-refractivity contribution in [2.24, 2.45) is 5.41 Å². The molecule has 0 aromatic rings. The Bertz CT molecular complexity index is 325. The van der Waals surface area contributed by atoms with Gasteiger partial charge in [0, 0.05) is 5.57 Å². The van der Waals surface area contributed by atoms with Gasteiger partial charge in [-0.25, -0.2) is 4.79 Å². The van der Waals surface area contributed by atoms with Gasteiger partial charge in [0.1, 0.15) is 0 Å². The summed E-state index contributed by atoms with van der Waals surface area (Å²) in [6.07, 6.45) is 9.39. The Morgan fingerprint density at radius 3 is 3.00 bits per heavy atom. The summed E-state index contributed by atoms with van der Waals surface area (Å²) < 4.78 is 0. The first kappa shape index (κ1) is 9.50. The van der Waals surface area contributed by atoms with Crippen molar-refractivity contribution in [2.45, 2.75) is 39.0 Å². The smallest absolute Gasteiger partial charge is 0.331 e. The van der Waals surface area contributed by atoms with Gasteiger partial charge in [0.2, 0.25) is 0 Å². The van der Waals surface area contributed by atoms with E-state index in [4.69, 9.17) is 5.11 Å². The average molecular weight is 192 g/mol. The largest absolute Gasteiger partial charge is 0.478 e. The molecule has 0 bridgehead atoms. The molecule has 0 unspecified atom stereocenters. The van der Waals surface area contributed by atoms with E-state index in [0.29, 0.717) is 5.57 Å². The minimum atomic E-state index is -0.751. The maximum atomic E-state index is 10.8. The van der Waals surface area contributed by atoms with Gasteiger partial charge in [-0.1, -0.05) is 13.0 Å². The Kier molecular flexibility index (Phi) is 2.22. The second kappa shape index (κ2) is 3.26. The Balaban J connectivity index is 2.33. The molecule has 0 saturated carbocycles. The third-order valence-corrected chi connectivity index (χ3v) is 3.54. The van der Waals surface area contributed by atoms with Crippen LogP contribution in [0.5, 0.6) is 0 Å². The van der Waals surface area contributed by atoms with Crippen molar-refractivity contribution in [1.29, 1.82) is 0 Å². The topological polar surface area (TPSA) is 37.3 Å². The van der Waals surface area contributed by atoms with Gasteiger partial charge in [0.05, 0.1) is 0 Å². The Labute approximate surface area is 84.3 Å². The van der Waals surface area contributed by atoms with Gasteiger partial charge < -0.3 is 5.11 Å². The van der Waals surface area contributed by atoms with E-state index in [9.17, 15) is 4.79 Å².